The van der Waals surface area contributed by atoms with E-state index in [0.29, 0.717) is 12.4 Å². The fraction of sp³-hybridized carbons (Fsp3) is 0.423. The van der Waals surface area contributed by atoms with Crippen LogP contribution >= 0.6 is 0 Å². The van der Waals surface area contributed by atoms with E-state index in [1.165, 1.54) is 0 Å². The van der Waals surface area contributed by atoms with Crippen LogP contribution in [0.1, 0.15) is 63.9 Å². The van der Waals surface area contributed by atoms with Crippen LogP contribution in [0.2, 0.25) is 0 Å². The fourth-order valence-corrected chi connectivity index (χ4v) is 3.45. The quantitative estimate of drug-likeness (QED) is 0.325. The van der Waals surface area contributed by atoms with E-state index in [4.69, 9.17) is 4.42 Å². The molecule has 8 nitrogen and oxygen atoms in total. The summed E-state index contributed by atoms with van der Waals surface area (Å²) in [5.74, 6) is 3.20. The molecule has 3 aromatic rings. The van der Waals surface area contributed by atoms with Gasteiger partial charge in [-0.25, -0.2) is 15.0 Å². The van der Waals surface area contributed by atoms with Crippen LogP contribution in [0.3, 0.4) is 0 Å². The molecule has 0 aliphatic heterocycles. The lowest BCUT2D eigenvalue weighted by molar-refractivity contribution is 0.513. The Bertz CT molecular complexity index is 1190. The molecule has 0 saturated carbocycles. The number of imidazole rings is 1. The molecule has 0 radical (unpaired) electrons. The molecule has 0 amide bonds. The van der Waals surface area contributed by atoms with Gasteiger partial charge in [-0.05, 0) is 57.1 Å². The van der Waals surface area contributed by atoms with Crippen LogP contribution in [0.25, 0.3) is 23.6 Å². The highest BCUT2D eigenvalue weighted by molar-refractivity contribution is 5.51. The topological polar surface area (TPSA) is 107 Å². The number of aromatic nitrogens is 5. The molecular weight excluding hydrogens is 426 g/mol. The number of oxazole rings is 1. The largest absolute Gasteiger partial charge is 0.441 e. The molecule has 0 aliphatic carbocycles. The van der Waals surface area contributed by atoms with Crippen molar-refractivity contribution in [3.05, 3.63) is 64.9 Å². The number of hydrogen-bond acceptors (Lipinski definition) is 6. The third kappa shape index (κ3) is 7.40. The van der Waals surface area contributed by atoms with Crippen LogP contribution in [-0.4, -0.2) is 38.0 Å². The molecule has 1 atom stereocenters. The Balaban J connectivity index is 1.79. The Morgan fingerprint density at radius 3 is 2.56 bits per heavy atom. The average Bonchev–Trinajstić information content (AvgIpc) is 3.49. The Labute approximate surface area is 201 Å². The van der Waals surface area contributed by atoms with Crippen LogP contribution in [-0.2, 0) is 13.1 Å². The van der Waals surface area contributed by atoms with E-state index in [2.05, 4.69) is 62.4 Å². The minimum atomic E-state index is 0.0333. The van der Waals surface area contributed by atoms with Gasteiger partial charge in [0.05, 0.1) is 30.0 Å². The summed E-state index contributed by atoms with van der Waals surface area (Å²) in [6.45, 7) is 11.7. The summed E-state index contributed by atoms with van der Waals surface area (Å²) in [6, 6.07) is 5.79. The van der Waals surface area contributed by atoms with E-state index in [9.17, 15) is 0 Å². The van der Waals surface area contributed by atoms with Gasteiger partial charge in [-0.3, -0.25) is 0 Å². The zero-order chi connectivity index (χ0) is 24.2. The van der Waals surface area contributed by atoms with Crippen molar-refractivity contribution in [3.63, 3.8) is 0 Å². The number of nitrogens with one attached hydrogen (secondary N) is 4. The maximum absolute atomic E-state index is 6.13. The van der Waals surface area contributed by atoms with Gasteiger partial charge >= 0.3 is 0 Å². The van der Waals surface area contributed by atoms with Crippen LogP contribution in [0.5, 0.6) is 0 Å². The third-order valence-corrected chi connectivity index (χ3v) is 5.26. The maximum Gasteiger partial charge on any atom is 0.226 e. The van der Waals surface area contributed by atoms with Crippen molar-refractivity contribution >= 4 is 12.2 Å². The zero-order valence-corrected chi connectivity index (χ0v) is 20.7. The van der Waals surface area contributed by atoms with Crippen LogP contribution in [0.4, 0.5) is 0 Å². The molecule has 3 heterocycles. The minimum absolute atomic E-state index is 0.0333. The summed E-state index contributed by atoms with van der Waals surface area (Å²) < 4.78 is 6.13. The highest BCUT2D eigenvalue weighted by Crippen LogP contribution is 2.23. The van der Waals surface area contributed by atoms with Crippen molar-refractivity contribution < 1.29 is 4.42 Å². The van der Waals surface area contributed by atoms with E-state index in [0.717, 1.165) is 66.1 Å². The lowest BCUT2D eigenvalue weighted by atomic mass is 10.1. The predicted molar refractivity (Wildman–Crippen MR) is 137 cm³/mol. The summed E-state index contributed by atoms with van der Waals surface area (Å²) in [4.78, 5) is 20.3. The molecule has 0 aliphatic rings. The summed E-state index contributed by atoms with van der Waals surface area (Å²) in [5, 5.41) is 8.68. The van der Waals surface area contributed by atoms with Gasteiger partial charge in [0.2, 0.25) is 5.89 Å². The molecule has 3 rings (SSSR count). The zero-order valence-electron chi connectivity index (χ0n) is 20.7. The van der Waals surface area contributed by atoms with E-state index < -0.39 is 0 Å². The molecule has 34 heavy (non-hydrogen) atoms. The Kier molecular flexibility index (Phi) is 10.1. The minimum Gasteiger partial charge on any atom is -0.441 e. The molecule has 182 valence electrons. The van der Waals surface area contributed by atoms with Gasteiger partial charge in [0.1, 0.15) is 17.4 Å². The van der Waals surface area contributed by atoms with Gasteiger partial charge in [-0.1, -0.05) is 26.8 Å². The van der Waals surface area contributed by atoms with E-state index >= 15 is 0 Å². The van der Waals surface area contributed by atoms with Gasteiger partial charge in [0.25, 0.3) is 0 Å². The number of rotatable bonds is 11. The van der Waals surface area contributed by atoms with Gasteiger partial charge in [-0.2, -0.15) is 0 Å². The van der Waals surface area contributed by atoms with E-state index in [1.54, 1.807) is 12.4 Å². The first-order chi connectivity index (χ1) is 16.6. The monoisotopic (exact) mass is 463 g/mol. The molecular formula is C26H37N7O. The SMILES string of the molecule is C/C=c1/nc(CNCCC)[nH]/c1=C/C(C)c1cnc(-c2cccnc(CNCCC)[nH]cc2)o1. The van der Waals surface area contributed by atoms with Crippen molar-refractivity contribution in [1.29, 1.82) is 0 Å². The first-order valence-corrected chi connectivity index (χ1v) is 12.1. The lowest BCUT2D eigenvalue weighted by Gasteiger charge is -2.00. The highest BCUT2D eigenvalue weighted by atomic mass is 16.4. The van der Waals surface area contributed by atoms with Gasteiger partial charge in [0, 0.05) is 23.9 Å². The van der Waals surface area contributed by atoms with E-state index in [-0.39, 0.29) is 5.92 Å². The summed E-state index contributed by atoms with van der Waals surface area (Å²) in [6.07, 6.45) is 11.8. The van der Waals surface area contributed by atoms with Crippen molar-refractivity contribution in [2.75, 3.05) is 13.1 Å². The van der Waals surface area contributed by atoms with Crippen molar-refractivity contribution in [2.24, 2.45) is 0 Å². The lowest BCUT2D eigenvalue weighted by Crippen LogP contribution is -2.24. The fourth-order valence-electron chi connectivity index (χ4n) is 3.45. The highest BCUT2D eigenvalue weighted by Gasteiger charge is 2.11. The number of H-pyrrole nitrogens is 2. The Hall–Kier alpha value is -3.23. The standard InChI is InChI=1S/C26H37N7O/c1-5-11-27-17-24-29-13-8-9-20(10-14-30-24)26-31-16-23(34-26)19(4)15-22-21(7-3)32-25(33-22)18-28-12-6-2/h7-10,13-16,19,27-28H,5-6,11-12,17-18H2,1-4H3,(H,29,30)(H,32,33)/b13-8?,14-10?,20-9?,21-7+,22-15+. The molecule has 0 saturated heterocycles. The molecule has 4 N–H and O–H groups in total. The second kappa shape index (κ2) is 13.5. The van der Waals surface area contributed by atoms with Crippen LogP contribution in [0, 0.1) is 0 Å². The predicted octanol–water partition coefficient (Wildman–Crippen LogP) is 3.30. The van der Waals surface area contributed by atoms with Crippen LogP contribution < -0.4 is 21.3 Å². The number of hydrogen-bond donors (Lipinski definition) is 4. The maximum atomic E-state index is 6.13. The third-order valence-electron chi connectivity index (χ3n) is 5.26. The number of nitrogens with zero attached hydrogens (tertiary/aromatic N) is 3. The molecule has 0 bridgehead atoms. The van der Waals surface area contributed by atoms with Gasteiger partial charge in [0.15, 0.2) is 0 Å². The smallest absolute Gasteiger partial charge is 0.226 e. The second-order valence-electron chi connectivity index (χ2n) is 8.16. The van der Waals surface area contributed by atoms with Gasteiger partial charge in [-0.15, -0.1) is 0 Å². The van der Waals surface area contributed by atoms with Crippen molar-refractivity contribution in [3.8, 4) is 11.5 Å². The summed E-state index contributed by atoms with van der Waals surface area (Å²) >= 11 is 0. The van der Waals surface area contributed by atoms with Crippen LogP contribution in [0.15, 0.2) is 41.2 Å². The molecule has 1 unspecified atom stereocenters. The van der Waals surface area contributed by atoms with Crippen molar-refractivity contribution in [1.82, 2.24) is 35.6 Å². The molecule has 3 aromatic heterocycles. The van der Waals surface area contributed by atoms with Gasteiger partial charge < -0.3 is 25.0 Å². The Morgan fingerprint density at radius 1 is 1.06 bits per heavy atom. The number of aromatic amines is 2. The second-order valence-corrected chi connectivity index (χ2v) is 8.16. The summed E-state index contributed by atoms with van der Waals surface area (Å²) in [7, 11) is 0. The first-order valence-electron chi connectivity index (χ1n) is 12.1. The Morgan fingerprint density at radius 2 is 1.82 bits per heavy atom. The molecule has 0 aromatic carbocycles. The molecule has 0 fully saturated rings. The van der Waals surface area contributed by atoms with Crippen molar-refractivity contribution in [2.45, 2.75) is 59.5 Å². The average molecular weight is 464 g/mol. The van der Waals surface area contributed by atoms with E-state index in [1.807, 2.05) is 37.4 Å². The summed E-state index contributed by atoms with van der Waals surface area (Å²) in [5.41, 5.74) is 0.869. The first kappa shape index (κ1) is 25.4. The molecule has 0 spiro atoms. The normalized spacial score (nSPS) is 13.3. The molecule has 8 heteroatoms.